The zero-order valence-corrected chi connectivity index (χ0v) is 8.69. The minimum absolute atomic E-state index is 0.186. The molecule has 1 aliphatic carbocycles. The number of rotatable bonds is 5. The van der Waals surface area contributed by atoms with Gasteiger partial charge in [0.05, 0.1) is 6.67 Å². The number of nitrogens with one attached hydrogen (secondary N) is 1. The van der Waals surface area contributed by atoms with Gasteiger partial charge in [0.25, 0.3) is 0 Å². The summed E-state index contributed by atoms with van der Waals surface area (Å²) >= 11 is 0. The SMILES string of the molecule is CC1CCC(CNCCCF)CC1. The third-order valence-electron chi connectivity index (χ3n) is 3.06. The molecule has 1 nitrogen and oxygen atoms in total. The molecule has 0 amide bonds. The van der Waals surface area contributed by atoms with E-state index in [0.717, 1.165) is 24.9 Å². The van der Waals surface area contributed by atoms with E-state index in [4.69, 9.17) is 0 Å². The summed E-state index contributed by atoms with van der Waals surface area (Å²) in [5.74, 6) is 1.79. The standard InChI is InChI=1S/C11H22FN/c1-10-3-5-11(6-4-10)9-13-8-2-7-12/h10-11,13H,2-9H2,1H3. The molecule has 0 unspecified atom stereocenters. The van der Waals surface area contributed by atoms with Crippen molar-refractivity contribution in [1.29, 1.82) is 0 Å². The van der Waals surface area contributed by atoms with Crippen LogP contribution >= 0.6 is 0 Å². The molecule has 78 valence electrons. The molecule has 1 rings (SSSR count). The molecule has 1 aliphatic rings. The van der Waals surface area contributed by atoms with Gasteiger partial charge in [-0.2, -0.15) is 0 Å². The van der Waals surface area contributed by atoms with E-state index < -0.39 is 0 Å². The van der Waals surface area contributed by atoms with Crippen LogP contribution in [0.5, 0.6) is 0 Å². The van der Waals surface area contributed by atoms with Gasteiger partial charge in [-0.05, 0) is 44.2 Å². The summed E-state index contributed by atoms with van der Waals surface area (Å²) in [6.45, 7) is 4.11. The van der Waals surface area contributed by atoms with Crippen molar-refractivity contribution in [2.75, 3.05) is 19.8 Å². The van der Waals surface area contributed by atoms with Crippen LogP contribution in [-0.4, -0.2) is 19.8 Å². The van der Waals surface area contributed by atoms with Gasteiger partial charge >= 0.3 is 0 Å². The van der Waals surface area contributed by atoms with E-state index in [-0.39, 0.29) is 6.67 Å². The predicted molar refractivity (Wildman–Crippen MR) is 54.6 cm³/mol. The average Bonchev–Trinajstić information content (AvgIpc) is 2.15. The van der Waals surface area contributed by atoms with Crippen LogP contribution in [0.2, 0.25) is 0 Å². The molecule has 0 radical (unpaired) electrons. The zero-order valence-electron chi connectivity index (χ0n) is 8.69. The van der Waals surface area contributed by atoms with Crippen molar-refractivity contribution in [3.05, 3.63) is 0 Å². The van der Waals surface area contributed by atoms with Crippen LogP contribution < -0.4 is 5.32 Å². The molecule has 1 saturated carbocycles. The van der Waals surface area contributed by atoms with Crippen molar-refractivity contribution >= 4 is 0 Å². The number of halogens is 1. The largest absolute Gasteiger partial charge is 0.316 e. The molecule has 0 bridgehead atoms. The lowest BCUT2D eigenvalue weighted by molar-refractivity contribution is 0.280. The van der Waals surface area contributed by atoms with Crippen LogP contribution in [0.15, 0.2) is 0 Å². The van der Waals surface area contributed by atoms with E-state index in [0.29, 0.717) is 6.42 Å². The van der Waals surface area contributed by atoms with Crippen LogP contribution in [0.1, 0.15) is 39.0 Å². The van der Waals surface area contributed by atoms with Crippen molar-refractivity contribution in [2.24, 2.45) is 11.8 Å². The first-order valence-electron chi connectivity index (χ1n) is 5.59. The highest BCUT2D eigenvalue weighted by molar-refractivity contribution is 4.71. The average molecular weight is 187 g/mol. The van der Waals surface area contributed by atoms with Crippen molar-refractivity contribution in [1.82, 2.24) is 5.32 Å². The van der Waals surface area contributed by atoms with E-state index in [1.165, 1.54) is 25.7 Å². The van der Waals surface area contributed by atoms with Gasteiger partial charge in [-0.15, -0.1) is 0 Å². The maximum absolute atomic E-state index is 11.8. The Hall–Kier alpha value is -0.110. The quantitative estimate of drug-likeness (QED) is 0.653. The molecule has 0 aromatic rings. The van der Waals surface area contributed by atoms with Crippen LogP contribution in [0, 0.1) is 11.8 Å². The topological polar surface area (TPSA) is 12.0 Å². The fourth-order valence-electron chi connectivity index (χ4n) is 2.03. The fraction of sp³-hybridized carbons (Fsp3) is 1.00. The van der Waals surface area contributed by atoms with Gasteiger partial charge in [0.1, 0.15) is 0 Å². The second-order valence-corrected chi connectivity index (χ2v) is 4.37. The molecule has 1 fully saturated rings. The number of hydrogen-bond donors (Lipinski definition) is 1. The minimum Gasteiger partial charge on any atom is -0.316 e. The van der Waals surface area contributed by atoms with Crippen LogP contribution in [0.3, 0.4) is 0 Å². The molecule has 0 aliphatic heterocycles. The molecule has 2 heteroatoms. The first kappa shape index (κ1) is 11.0. The fourth-order valence-corrected chi connectivity index (χ4v) is 2.03. The van der Waals surface area contributed by atoms with E-state index >= 15 is 0 Å². The Bertz CT molecular complexity index is 119. The highest BCUT2D eigenvalue weighted by Crippen LogP contribution is 2.27. The molecule has 0 atom stereocenters. The van der Waals surface area contributed by atoms with E-state index in [9.17, 15) is 4.39 Å². The lowest BCUT2D eigenvalue weighted by Gasteiger charge is -2.26. The van der Waals surface area contributed by atoms with Crippen molar-refractivity contribution in [3.8, 4) is 0 Å². The van der Waals surface area contributed by atoms with Gasteiger partial charge in [0.2, 0.25) is 0 Å². The Labute approximate surface area is 81.1 Å². The second kappa shape index (κ2) is 6.36. The first-order chi connectivity index (χ1) is 6.33. The van der Waals surface area contributed by atoms with Gasteiger partial charge < -0.3 is 5.32 Å². The van der Waals surface area contributed by atoms with Gasteiger partial charge in [-0.3, -0.25) is 4.39 Å². The third-order valence-corrected chi connectivity index (χ3v) is 3.06. The molecule has 13 heavy (non-hydrogen) atoms. The van der Waals surface area contributed by atoms with Gasteiger partial charge in [-0.1, -0.05) is 19.8 Å². The van der Waals surface area contributed by atoms with E-state index in [2.05, 4.69) is 12.2 Å². The van der Waals surface area contributed by atoms with Gasteiger partial charge in [0.15, 0.2) is 0 Å². The summed E-state index contributed by atoms with van der Waals surface area (Å²) < 4.78 is 11.8. The Kier molecular flexibility index (Phi) is 5.37. The summed E-state index contributed by atoms with van der Waals surface area (Å²) in [5.41, 5.74) is 0. The molecular formula is C11H22FN. The normalized spacial score (nSPS) is 29.1. The molecule has 0 saturated heterocycles. The summed E-state index contributed by atoms with van der Waals surface area (Å²) in [5, 5.41) is 3.33. The lowest BCUT2D eigenvalue weighted by Crippen LogP contribution is -2.26. The van der Waals surface area contributed by atoms with Gasteiger partial charge in [-0.25, -0.2) is 0 Å². The van der Waals surface area contributed by atoms with Crippen LogP contribution in [-0.2, 0) is 0 Å². The molecule has 0 aromatic carbocycles. The molecule has 1 N–H and O–H groups in total. The molecule has 0 aromatic heterocycles. The maximum Gasteiger partial charge on any atom is 0.0906 e. The number of hydrogen-bond acceptors (Lipinski definition) is 1. The highest BCUT2D eigenvalue weighted by Gasteiger charge is 2.17. The van der Waals surface area contributed by atoms with Crippen LogP contribution in [0.25, 0.3) is 0 Å². The van der Waals surface area contributed by atoms with E-state index in [1.54, 1.807) is 0 Å². The highest BCUT2D eigenvalue weighted by atomic mass is 19.1. The van der Waals surface area contributed by atoms with Gasteiger partial charge in [0, 0.05) is 0 Å². The molecule has 0 heterocycles. The third kappa shape index (κ3) is 4.61. The van der Waals surface area contributed by atoms with E-state index in [1.807, 2.05) is 0 Å². The van der Waals surface area contributed by atoms with Crippen molar-refractivity contribution in [2.45, 2.75) is 39.0 Å². The summed E-state index contributed by atoms with van der Waals surface area (Å²) in [4.78, 5) is 0. The van der Waals surface area contributed by atoms with Crippen molar-refractivity contribution < 1.29 is 4.39 Å². The lowest BCUT2D eigenvalue weighted by atomic mass is 9.83. The Balaban J connectivity index is 1.96. The Morgan fingerprint density at radius 2 is 1.92 bits per heavy atom. The molecule has 0 spiro atoms. The maximum atomic E-state index is 11.8. The van der Waals surface area contributed by atoms with Crippen LogP contribution in [0.4, 0.5) is 4.39 Å². The summed E-state index contributed by atoms with van der Waals surface area (Å²) in [6, 6.07) is 0. The molecular weight excluding hydrogens is 165 g/mol. The Morgan fingerprint density at radius 3 is 2.54 bits per heavy atom. The Morgan fingerprint density at radius 1 is 1.23 bits per heavy atom. The van der Waals surface area contributed by atoms with Crippen molar-refractivity contribution in [3.63, 3.8) is 0 Å². The summed E-state index contributed by atoms with van der Waals surface area (Å²) in [6.07, 6.45) is 6.17. The zero-order chi connectivity index (χ0) is 9.52. The summed E-state index contributed by atoms with van der Waals surface area (Å²) in [7, 11) is 0. The number of alkyl halides is 1. The minimum atomic E-state index is -0.186. The first-order valence-corrected chi connectivity index (χ1v) is 5.59. The smallest absolute Gasteiger partial charge is 0.0906 e. The predicted octanol–water partition coefficient (Wildman–Crippen LogP) is 2.76. The monoisotopic (exact) mass is 187 g/mol. The second-order valence-electron chi connectivity index (χ2n) is 4.37.